The highest BCUT2D eigenvalue weighted by molar-refractivity contribution is 6.01. The highest BCUT2D eigenvalue weighted by Gasteiger charge is 2.09. The summed E-state index contributed by atoms with van der Waals surface area (Å²) in [4.78, 5) is 32.2. The molecule has 9 heteroatoms. The molecule has 0 aliphatic heterocycles. The Morgan fingerprint density at radius 2 is 2.18 bits per heavy atom. The van der Waals surface area contributed by atoms with Crippen molar-refractivity contribution in [2.45, 2.75) is 0 Å². The summed E-state index contributed by atoms with van der Waals surface area (Å²) in [7, 11) is 0. The molecule has 0 bridgehead atoms. The van der Waals surface area contributed by atoms with E-state index in [9.17, 15) is 14.4 Å². The molecule has 0 atom stereocenters. The number of aliphatic carboxylic acids is 1. The van der Waals surface area contributed by atoms with Crippen LogP contribution in [0.5, 0.6) is 0 Å². The van der Waals surface area contributed by atoms with E-state index in [1.165, 1.54) is 12.3 Å². The maximum Gasteiger partial charge on any atom is 0.329 e. The second-order valence-electron chi connectivity index (χ2n) is 2.77. The number of carbonyl (C=O) groups excluding carboxylic acids is 2. The standard InChI is InChI=1S/C8H9N3O6/c12-6(3-16-4-7(13)14)10-8(15)9-5-1-2-17-11-5/h1-2H,3-4H2,(H,13,14)(H2,9,10,11,12,15). The largest absolute Gasteiger partial charge is 0.480 e. The second-order valence-corrected chi connectivity index (χ2v) is 2.77. The number of carbonyl (C=O) groups is 3. The van der Waals surface area contributed by atoms with Gasteiger partial charge in [0.25, 0.3) is 5.91 Å². The van der Waals surface area contributed by atoms with Crippen molar-refractivity contribution >= 4 is 23.7 Å². The minimum atomic E-state index is -1.20. The number of nitrogens with one attached hydrogen (secondary N) is 2. The third kappa shape index (κ3) is 5.28. The van der Waals surface area contributed by atoms with Crippen LogP contribution in [0.2, 0.25) is 0 Å². The number of aromatic nitrogens is 1. The van der Waals surface area contributed by atoms with E-state index >= 15 is 0 Å². The number of hydrogen-bond acceptors (Lipinski definition) is 6. The van der Waals surface area contributed by atoms with E-state index in [1.807, 2.05) is 5.32 Å². The molecule has 0 radical (unpaired) electrons. The molecule has 17 heavy (non-hydrogen) atoms. The van der Waals surface area contributed by atoms with Crippen LogP contribution in [-0.2, 0) is 14.3 Å². The summed E-state index contributed by atoms with van der Waals surface area (Å²) in [5.74, 6) is -1.83. The van der Waals surface area contributed by atoms with Gasteiger partial charge in [0.1, 0.15) is 19.5 Å². The minimum absolute atomic E-state index is 0.141. The number of amides is 3. The number of carboxylic acid groups (broad SMARTS) is 1. The topological polar surface area (TPSA) is 131 Å². The Labute approximate surface area is 94.7 Å². The van der Waals surface area contributed by atoms with Crippen molar-refractivity contribution in [1.82, 2.24) is 10.5 Å². The number of urea groups is 1. The van der Waals surface area contributed by atoms with E-state index < -0.39 is 31.1 Å². The van der Waals surface area contributed by atoms with Crippen molar-refractivity contribution in [3.63, 3.8) is 0 Å². The van der Waals surface area contributed by atoms with E-state index in [0.717, 1.165) is 0 Å². The molecule has 0 aliphatic carbocycles. The predicted molar refractivity (Wildman–Crippen MR) is 52.1 cm³/mol. The molecule has 0 saturated heterocycles. The number of anilines is 1. The summed E-state index contributed by atoms with van der Waals surface area (Å²) in [5, 5.41) is 15.7. The van der Waals surface area contributed by atoms with Crippen molar-refractivity contribution in [3.05, 3.63) is 12.3 Å². The number of rotatable bonds is 5. The van der Waals surface area contributed by atoms with Gasteiger partial charge in [-0.2, -0.15) is 0 Å². The van der Waals surface area contributed by atoms with Gasteiger partial charge < -0.3 is 14.4 Å². The van der Waals surface area contributed by atoms with Crippen LogP contribution in [0.3, 0.4) is 0 Å². The number of hydrogen-bond donors (Lipinski definition) is 3. The summed E-state index contributed by atoms with van der Waals surface area (Å²) in [6, 6.07) is 0.563. The lowest BCUT2D eigenvalue weighted by molar-refractivity contribution is -0.143. The fourth-order valence-electron chi connectivity index (χ4n) is 0.818. The van der Waals surface area contributed by atoms with Crippen LogP contribution in [0.4, 0.5) is 10.6 Å². The molecule has 1 aromatic rings. The van der Waals surface area contributed by atoms with Gasteiger partial charge in [-0.15, -0.1) is 0 Å². The highest BCUT2D eigenvalue weighted by atomic mass is 16.5. The summed E-state index contributed by atoms with van der Waals surface area (Å²) in [6.45, 7) is -1.14. The molecule has 1 aromatic heterocycles. The van der Waals surface area contributed by atoms with Crippen LogP contribution in [0, 0.1) is 0 Å². The van der Waals surface area contributed by atoms with Crippen molar-refractivity contribution < 1.29 is 28.8 Å². The van der Waals surface area contributed by atoms with Gasteiger partial charge in [0.05, 0.1) is 0 Å². The summed E-state index contributed by atoms with van der Waals surface area (Å²) in [6.07, 6.45) is 1.24. The Hall–Kier alpha value is -2.42. The average molecular weight is 243 g/mol. The molecule has 0 unspecified atom stereocenters. The Morgan fingerprint density at radius 3 is 2.76 bits per heavy atom. The highest BCUT2D eigenvalue weighted by Crippen LogP contribution is 1.99. The van der Waals surface area contributed by atoms with Crippen LogP contribution < -0.4 is 10.6 Å². The average Bonchev–Trinajstić information content (AvgIpc) is 2.69. The van der Waals surface area contributed by atoms with Crippen molar-refractivity contribution in [3.8, 4) is 0 Å². The van der Waals surface area contributed by atoms with E-state index in [2.05, 4.69) is 19.7 Å². The SMILES string of the molecule is O=C(O)COCC(=O)NC(=O)Nc1ccon1. The van der Waals surface area contributed by atoms with Gasteiger partial charge in [0.2, 0.25) is 0 Å². The van der Waals surface area contributed by atoms with Crippen LogP contribution in [0.15, 0.2) is 16.9 Å². The van der Waals surface area contributed by atoms with Crippen molar-refractivity contribution in [1.29, 1.82) is 0 Å². The Kier molecular flexibility index (Phi) is 4.63. The van der Waals surface area contributed by atoms with E-state index in [-0.39, 0.29) is 5.82 Å². The normalized spacial score (nSPS) is 9.65. The van der Waals surface area contributed by atoms with Gasteiger partial charge in [0.15, 0.2) is 5.82 Å². The van der Waals surface area contributed by atoms with Crippen LogP contribution >= 0.6 is 0 Å². The molecular formula is C8H9N3O6. The lowest BCUT2D eigenvalue weighted by Crippen LogP contribution is -2.37. The first-order valence-corrected chi connectivity index (χ1v) is 4.38. The molecule has 0 aliphatic rings. The molecule has 92 valence electrons. The number of carboxylic acids is 1. The molecule has 0 aromatic carbocycles. The number of nitrogens with zero attached hydrogens (tertiary/aromatic N) is 1. The van der Waals surface area contributed by atoms with Crippen LogP contribution in [0.25, 0.3) is 0 Å². The zero-order valence-electron chi connectivity index (χ0n) is 8.50. The predicted octanol–water partition coefficient (Wildman–Crippen LogP) is -0.576. The smallest absolute Gasteiger partial charge is 0.329 e. The first-order chi connectivity index (χ1) is 8.08. The molecule has 3 N–H and O–H groups in total. The number of imide groups is 1. The summed E-state index contributed by atoms with van der Waals surface area (Å²) in [5.41, 5.74) is 0. The van der Waals surface area contributed by atoms with Crippen LogP contribution in [-0.4, -0.2) is 41.4 Å². The summed E-state index contributed by atoms with van der Waals surface area (Å²) >= 11 is 0. The Morgan fingerprint density at radius 1 is 1.41 bits per heavy atom. The van der Waals surface area contributed by atoms with Gasteiger partial charge in [-0.1, -0.05) is 5.16 Å². The molecule has 9 nitrogen and oxygen atoms in total. The van der Waals surface area contributed by atoms with Gasteiger partial charge in [0, 0.05) is 6.07 Å². The molecule has 1 rings (SSSR count). The van der Waals surface area contributed by atoms with Gasteiger partial charge in [-0.25, -0.2) is 9.59 Å². The Balaban J connectivity index is 2.22. The lowest BCUT2D eigenvalue weighted by Gasteiger charge is -2.03. The third-order valence-electron chi connectivity index (χ3n) is 1.39. The minimum Gasteiger partial charge on any atom is -0.480 e. The first-order valence-electron chi connectivity index (χ1n) is 4.38. The molecule has 0 saturated carbocycles. The first kappa shape index (κ1) is 12.6. The maximum atomic E-state index is 11.1. The fraction of sp³-hybridized carbons (Fsp3) is 0.250. The lowest BCUT2D eigenvalue weighted by atomic mass is 10.6. The third-order valence-corrected chi connectivity index (χ3v) is 1.39. The van der Waals surface area contributed by atoms with E-state index in [1.54, 1.807) is 0 Å². The zero-order chi connectivity index (χ0) is 12.7. The number of ether oxygens (including phenoxy) is 1. The molecule has 3 amide bonds. The molecule has 0 fully saturated rings. The maximum absolute atomic E-state index is 11.1. The zero-order valence-corrected chi connectivity index (χ0v) is 8.50. The van der Waals surface area contributed by atoms with Gasteiger partial charge in [-0.3, -0.25) is 15.4 Å². The van der Waals surface area contributed by atoms with Crippen molar-refractivity contribution in [2.75, 3.05) is 18.5 Å². The summed E-state index contributed by atoms with van der Waals surface area (Å²) < 4.78 is 8.91. The van der Waals surface area contributed by atoms with Gasteiger partial charge in [-0.05, 0) is 0 Å². The Bertz CT molecular complexity index is 401. The molecule has 1 heterocycles. The fourth-order valence-corrected chi connectivity index (χ4v) is 0.818. The van der Waals surface area contributed by atoms with Crippen LogP contribution in [0.1, 0.15) is 0 Å². The van der Waals surface area contributed by atoms with E-state index in [4.69, 9.17) is 5.11 Å². The quantitative estimate of drug-likeness (QED) is 0.630. The monoisotopic (exact) mass is 243 g/mol. The van der Waals surface area contributed by atoms with Crippen molar-refractivity contribution in [2.24, 2.45) is 0 Å². The van der Waals surface area contributed by atoms with E-state index in [0.29, 0.717) is 0 Å². The second kappa shape index (κ2) is 6.23. The van der Waals surface area contributed by atoms with Gasteiger partial charge >= 0.3 is 12.0 Å². The molecule has 0 spiro atoms. The molecular weight excluding hydrogens is 234 g/mol.